The van der Waals surface area contributed by atoms with Gasteiger partial charge in [0.15, 0.2) is 6.10 Å². The van der Waals surface area contributed by atoms with Crippen LogP contribution in [-0.4, -0.2) is 47.9 Å². The first-order valence-corrected chi connectivity index (χ1v) is 9.43. The molecule has 0 aliphatic rings. The van der Waals surface area contributed by atoms with Gasteiger partial charge in [0, 0.05) is 23.0 Å². The van der Waals surface area contributed by atoms with Gasteiger partial charge in [-0.05, 0) is 36.2 Å². The smallest absolute Gasteiger partial charge is 0.268 e. The minimum Gasteiger partial charge on any atom is -0.381 e. The molecule has 0 spiro atoms. The number of benzene rings is 2. The molecule has 7 nitrogen and oxygen atoms in total. The van der Waals surface area contributed by atoms with Crippen molar-refractivity contribution in [3.05, 3.63) is 70.9 Å². The molecular formula is C21H22ClN3O4. The van der Waals surface area contributed by atoms with Crippen LogP contribution in [0.25, 0.3) is 10.9 Å². The average molecular weight is 416 g/mol. The van der Waals surface area contributed by atoms with E-state index in [2.05, 4.69) is 15.6 Å². The summed E-state index contributed by atoms with van der Waals surface area (Å²) in [5.41, 5.74) is 1.95. The second kappa shape index (κ2) is 9.56. The van der Waals surface area contributed by atoms with Crippen molar-refractivity contribution < 1.29 is 19.4 Å². The third-order valence-electron chi connectivity index (χ3n) is 4.48. The fourth-order valence-electron chi connectivity index (χ4n) is 3.01. The molecule has 0 saturated heterocycles. The summed E-state index contributed by atoms with van der Waals surface area (Å²) in [6.07, 6.45) is -1.17. The zero-order chi connectivity index (χ0) is 20.8. The predicted molar refractivity (Wildman–Crippen MR) is 111 cm³/mol. The maximum absolute atomic E-state index is 12.8. The van der Waals surface area contributed by atoms with Crippen molar-refractivity contribution in [3.8, 4) is 0 Å². The summed E-state index contributed by atoms with van der Waals surface area (Å²) in [6, 6.07) is 15.4. The number of carbonyl (C=O) groups excluding carboxylic acids is 2. The number of hydrogen-bond donors (Lipinski definition) is 4. The van der Waals surface area contributed by atoms with Gasteiger partial charge in [-0.25, -0.2) is 0 Å². The molecule has 4 N–H and O–H groups in total. The lowest BCUT2D eigenvalue weighted by Crippen LogP contribution is -2.52. The van der Waals surface area contributed by atoms with Gasteiger partial charge in [0.1, 0.15) is 12.4 Å². The Balaban J connectivity index is 1.80. The van der Waals surface area contributed by atoms with Gasteiger partial charge < -0.3 is 25.5 Å². The van der Waals surface area contributed by atoms with Crippen molar-refractivity contribution in [2.75, 3.05) is 13.8 Å². The zero-order valence-corrected chi connectivity index (χ0v) is 16.6. The zero-order valence-electron chi connectivity index (χ0n) is 15.8. The fraction of sp³-hybridized carbons (Fsp3) is 0.238. The Hall–Kier alpha value is -2.87. The van der Waals surface area contributed by atoms with E-state index >= 15 is 0 Å². The summed E-state index contributed by atoms with van der Waals surface area (Å²) in [6.45, 7) is -0.0370. The van der Waals surface area contributed by atoms with Crippen LogP contribution in [0.2, 0.25) is 5.02 Å². The molecule has 29 heavy (non-hydrogen) atoms. The number of hydrogen-bond acceptors (Lipinski definition) is 4. The van der Waals surface area contributed by atoms with Crippen LogP contribution >= 0.6 is 11.6 Å². The number of fused-ring (bicyclic) bond motifs is 1. The fourth-order valence-corrected chi connectivity index (χ4v) is 3.19. The van der Waals surface area contributed by atoms with Crippen molar-refractivity contribution in [2.24, 2.45) is 0 Å². The second-order valence-electron chi connectivity index (χ2n) is 6.60. The van der Waals surface area contributed by atoms with E-state index in [1.54, 1.807) is 24.3 Å². The van der Waals surface area contributed by atoms with E-state index in [1.807, 2.05) is 30.3 Å². The molecule has 2 aromatic carbocycles. The standard InChI is InChI=1S/C21H22ClN3O4/c1-29-12-23-21(28)19(26)17(9-13-5-3-2-4-6-13)25-20(27)18-11-14-10-15(22)7-8-16(14)24-18/h2-8,10-11,17,19,24,26H,9,12H2,1H3,(H,23,28)(H,25,27)/t17-,19+/m0/s1. The van der Waals surface area contributed by atoms with Crippen LogP contribution < -0.4 is 10.6 Å². The molecule has 0 aliphatic heterocycles. The molecule has 1 heterocycles. The Labute approximate surface area is 173 Å². The molecule has 2 amide bonds. The molecule has 0 unspecified atom stereocenters. The van der Waals surface area contributed by atoms with Gasteiger partial charge in [-0.1, -0.05) is 41.9 Å². The number of halogens is 1. The van der Waals surface area contributed by atoms with Crippen LogP contribution in [0.3, 0.4) is 0 Å². The quantitative estimate of drug-likeness (QED) is 0.423. The van der Waals surface area contributed by atoms with E-state index in [-0.39, 0.29) is 13.2 Å². The topological polar surface area (TPSA) is 103 Å². The Kier molecular flexibility index (Phi) is 6.87. The van der Waals surface area contributed by atoms with Crippen molar-refractivity contribution in [1.82, 2.24) is 15.6 Å². The van der Waals surface area contributed by atoms with Gasteiger partial charge >= 0.3 is 0 Å². The van der Waals surface area contributed by atoms with E-state index < -0.39 is 24.0 Å². The third-order valence-corrected chi connectivity index (χ3v) is 4.72. The molecule has 0 fully saturated rings. The number of aromatic nitrogens is 1. The normalized spacial score (nSPS) is 13.1. The molecule has 152 valence electrons. The summed E-state index contributed by atoms with van der Waals surface area (Å²) in [4.78, 5) is 28.0. The number of methoxy groups -OCH3 is 1. The van der Waals surface area contributed by atoms with Gasteiger partial charge in [-0.2, -0.15) is 0 Å². The number of amides is 2. The molecule has 2 atom stereocenters. The van der Waals surface area contributed by atoms with Gasteiger partial charge in [0.05, 0.1) is 6.04 Å². The molecular weight excluding hydrogens is 394 g/mol. The highest BCUT2D eigenvalue weighted by Gasteiger charge is 2.28. The van der Waals surface area contributed by atoms with Crippen molar-refractivity contribution >= 4 is 34.3 Å². The highest BCUT2D eigenvalue weighted by atomic mass is 35.5. The Bertz CT molecular complexity index is 990. The highest BCUT2D eigenvalue weighted by Crippen LogP contribution is 2.20. The molecule has 3 rings (SSSR count). The van der Waals surface area contributed by atoms with Crippen LogP contribution in [0.5, 0.6) is 0 Å². The molecule has 1 aromatic heterocycles. The lowest BCUT2D eigenvalue weighted by molar-refractivity contribution is -0.132. The van der Waals surface area contributed by atoms with E-state index in [0.717, 1.165) is 16.5 Å². The summed E-state index contributed by atoms with van der Waals surface area (Å²) in [7, 11) is 1.43. The first-order chi connectivity index (χ1) is 14.0. The number of aromatic amines is 1. The summed E-state index contributed by atoms with van der Waals surface area (Å²) < 4.78 is 4.81. The summed E-state index contributed by atoms with van der Waals surface area (Å²) in [5, 5.41) is 17.1. The van der Waals surface area contributed by atoms with Crippen LogP contribution in [0.4, 0.5) is 0 Å². The number of aliphatic hydroxyl groups excluding tert-OH is 1. The van der Waals surface area contributed by atoms with E-state index in [0.29, 0.717) is 10.7 Å². The van der Waals surface area contributed by atoms with E-state index in [4.69, 9.17) is 16.3 Å². The summed E-state index contributed by atoms with van der Waals surface area (Å²) in [5.74, 6) is -1.06. The maximum Gasteiger partial charge on any atom is 0.268 e. The number of ether oxygens (including phenoxy) is 1. The third kappa shape index (κ3) is 5.35. The lowest BCUT2D eigenvalue weighted by atomic mass is 10.0. The molecule has 0 saturated carbocycles. The average Bonchev–Trinajstić information content (AvgIpc) is 3.15. The van der Waals surface area contributed by atoms with Crippen molar-refractivity contribution in [3.63, 3.8) is 0 Å². The van der Waals surface area contributed by atoms with Crippen LogP contribution in [0.15, 0.2) is 54.6 Å². The van der Waals surface area contributed by atoms with Gasteiger partial charge in [-0.15, -0.1) is 0 Å². The minimum absolute atomic E-state index is 0.0370. The van der Waals surface area contributed by atoms with E-state index in [1.165, 1.54) is 7.11 Å². The number of nitrogens with one attached hydrogen (secondary N) is 3. The number of rotatable bonds is 8. The van der Waals surface area contributed by atoms with Crippen molar-refractivity contribution in [1.29, 1.82) is 0 Å². The van der Waals surface area contributed by atoms with Crippen molar-refractivity contribution in [2.45, 2.75) is 18.6 Å². The molecule has 0 radical (unpaired) electrons. The molecule has 3 aromatic rings. The SMILES string of the molecule is COCNC(=O)[C@H](O)[C@H](Cc1ccccc1)NC(=O)c1cc2cc(Cl)ccc2[nH]1. The Morgan fingerprint density at radius 3 is 2.66 bits per heavy atom. The van der Waals surface area contributed by atoms with Crippen LogP contribution in [-0.2, 0) is 16.0 Å². The minimum atomic E-state index is -1.45. The van der Waals surface area contributed by atoms with E-state index in [9.17, 15) is 14.7 Å². The van der Waals surface area contributed by atoms with Gasteiger partial charge in [0.25, 0.3) is 11.8 Å². The number of carbonyl (C=O) groups is 2. The molecule has 0 bridgehead atoms. The largest absolute Gasteiger partial charge is 0.381 e. The molecule has 0 aliphatic carbocycles. The van der Waals surface area contributed by atoms with Crippen LogP contribution in [0.1, 0.15) is 16.1 Å². The lowest BCUT2D eigenvalue weighted by Gasteiger charge is -2.23. The first-order valence-electron chi connectivity index (χ1n) is 9.05. The summed E-state index contributed by atoms with van der Waals surface area (Å²) >= 11 is 6.00. The Morgan fingerprint density at radius 2 is 1.93 bits per heavy atom. The monoisotopic (exact) mass is 415 g/mol. The van der Waals surface area contributed by atoms with Crippen LogP contribution in [0, 0.1) is 0 Å². The van der Waals surface area contributed by atoms with Gasteiger partial charge in [0.2, 0.25) is 0 Å². The maximum atomic E-state index is 12.8. The highest BCUT2D eigenvalue weighted by molar-refractivity contribution is 6.31. The molecule has 8 heteroatoms. The second-order valence-corrected chi connectivity index (χ2v) is 7.04. The predicted octanol–water partition coefficient (Wildman–Crippen LogP) is 2.24. The number of H-pyrrole nitrogens is 1. The number of aliphatic hydroxyl groups is 1. The Morgan fingerprint density at radius 1 is 1.17 bits per heavy atom. The van der Waals surface area contributed by atoms with Gasteiger partial charge in [-0.3, -0.25) is 9.59 Å². The first kappa shape index (κ1) is 20.9.